The molecular weight excluding hydrogens is 268 g/mol. The number of imidazole rings is 1. The lowest BCUT2D eigenvalue weighted by atomic mass is 10.1. The molecule has 0 atom stereocenters. The first-order chi connectivity index (χ1) is 10.1. The zero-order valence-corrected chi connectivity index (χ0v) is 12.3. The summed E-state index contributed by atoms with van der Waals surface area (Å²) in [6, 6.07) is 7.28. The lowest BCUT2D eigenvalue weighted by Gasteiger charge is -2.05. The number of hydrogen-bond donors (Lipinski definition) is 1. The van der Waals surface area contributed by atoms with Gasteiger partial charge in [0.1, 0.15) is 0 Å². The number of aryl methyl sites for hydroxylation is 2. The van der Waals surface area contributed by atoms with E-state index in [1.165, 1.54) is 0 Å². The Bertz CT molecular complexity index is 607. The lowest BCUT2D eigenvalue weighted by Crippen LogP contribution is -2.21. The van der Waals surface area contributed by atoms with E-state index in [4.69, 9.17) is 0 Å². The Morgan fingerprint density at radius 3 is 2.86 bits per heavy atom. The first kappa shape index (κ1) is 15.2. The average molecular weight is 288 g/mol. The maximum atomic E-state index is 11.0. The van der Waals surface area contributed by atoms with Gasteiger partial charge in [-0.25, -0.2) is 4.98 Å². The maximum absolute atomic E-state index is 11.0. The first-order valence-corrected chi connectivity index (χ1v) is 7.02. The van der Waals surface area contributed by atoms with Crippen LogP contribution in [0.25, 0.3) is 0 Å². The minimum absolute atomic E-state index is 0.180. The van der Waals surface area contributed by atoms with Gasteiger partial charge >= 0.3 is 0 Å². The van der Waals surface area contributed by atoms with Crippen molar-refractivity contribution in [3.05, 3.63) is 58.2 Å². The van der Waals surface area contributed by atoms with Gasteiger partial charge in [0.25, 0.3) is 5.69 Å². The number of benzene rings is 1. The summed E-state index contributed by atoms with van der Waals surface area (Å²) in [5.41, 5.74) is 1.91. The average Bonchev–Trinajstić information content (AvgIpc) is 2.91. The second-order valence-corrected chi connectivity index (χ2v) is 5.27. The van der Waals surface area contributed by atoms with Crippen LogP contribution in [-0.2, 0) is 19.5 Å². The minimum Gasteiger partial charge on any atom is -0.337 e. The molecule has 0 aliphatic carbocycles. The van der Waals surface area contributed by atoms with Crippen LogP contribution >= 0.6 is 0 Å². The van der Waals surface area contributed by atoms with Gasteiger partial charge in [0.15, 0.2) is 0 Å². The third-order valence-corrected chi connectivity index (χ3v) is 3.21. The van der Waals surface area contributed by atoms with Crippen molar-refractivity contribution in [2.24, 2.45) is 0 Å². The number of hydrogen-bond acceptors (Lipinski definition) is 4. The van der Waals surface area contributed by atoms with Crippen LogP contribution in [0.15, 0.2) is 36.8 Å². The Labute approximate surface area is 124 Å². The molecule has 2 rings (SSSR count). The van der Waals surface area contributed by atoms with E-state index in [1.807, 2.05) is 16.8 Å². The summed E-state index contributed by atoms with van der Waals surface area (Å²) in [7, 11) is 0. The van der Waals surface area contributed by atoms with Gasteiger partial charge in [0, 0.05) is 37.0 Å². The number of nitrogens with one attached hydrogen (secondary N) is 1. The van der Waals surface area contributed by atoms with E-state index in [-0.39, 0.29) is 10.6 Å². The third-order valence-electron chi connectivity index (χ3n) is 3.21. The molecule has 21 heavy (non-hydrogen) atoms. The van der Waals surface area contributed by atoms with Crippen LogP contribution in [0.4, 0.5) is 5.69 Å². The van der Waals surface area contributed by atoms with Crippen molar-refractivity contribution in [1.29, 1.82) is 0 Å². The second kappa shape index (κ2) is 6.99. The van der Waals surface area contributed by atoms with Crippen molar-refractivity contribution in [3.8, 4) is 0 Å². The van der Waals surface area contributed by atoms with Crippen molar-refractivity contribution in [1.82, 2.24) is 14.9 Å². The number of nitro groups is 1. The Kier molecular flexibility index (Phi) is 5.05. The molecule has 0 aliphatic rings. The van der Waals surface area contributed by atoms with Gasteiger partial charge in [0.2, 0.25) is 0 Å². The second-order valence-electron chi connectivity index (χ2n) is 5.27. The molecule has 0 amide bonds. The summed E-state index contributed by atoms with van der Waals surface area (Å²) in [5.74, 6) is 0. The van der Waals surface area contributed by atoms with E-state index in [9.17, 15) is 10.1 Å². The first-order valence-electron chi connectivity index (χ1n) is 7.02. The quantitative estimate of drug-likeness (QED) is 0.627. The van der Waals surface area contributed by atoms with Gasteiger partial charge in [-0.15, -0.1) is 0 Å². The molecule has 6 heteroatoms. The fourth-order valence-electron chi connectivity index (χ4n) is 2.08. The summed E-state index contributed by atoms with van der Waals surface area (Å²) < 4.78 is 1.97. The highest BCUT2D eigenvalue weighted by atomic mass is 16.6. The van der Waals surface area contributed by atoms with Crippen molar-refractivity contribution in [2.75, 3.05) is 0 Å². The molecule has 0 aliphatic heterocycles. The third kappa shape index (κ3) is 4.39. The molecule has 0 saturated carbocycles. The lowest BCUT2D eigenvalue weighted by molar-refractivity contribution is -0.385. The number of nitro benzene ring substituents is 1. The van der Waals surface area contributed by atoms with Gasteiger partial charge in [-0.3, -0.25) is 10.1 Å². The molecule has 0 radical (unpaired) electrons. The van der Waals surface area contributed by atoms with E-state index < -0.39 is 0 Å². The Morgan fingerprint density at radius 1 is 1.38 bits per heavy atom. The number of nitrogens with zero attached hydrogens (tertiary/aromatic N) is 3. The van der Waals surface area contributed by atoms with Crippen LogP contribution in [0.1, 0.15) is 25.1 Å². The molecule has 1 heterocycles. The monoisotopic (exact) mass is 288 g/mol. The standard InChI is InChI=1S/C15H20N4O2/c1-12(2)16-9-14-10-18(11-17-14)8-7-13-5-3-4-6-15(13)19(20)21/h3-6,10-12,16H,7-9H2,1-2H3. The van der Waals surface area contributed by atoms with Crippen LogP contribution in [0.5, 0.6) is 0 Å². The highest BCUT2D eigenvalue weighted by molar-refractivity contribution is 5.39. The zero-order valence-electron chi connectivity index (χ0n) is 12.3. The summed E-state index contributed by atoms with van der Waals surface area (Å²) >= 11 is 0. The zero-order chi connectivity index (χ0) is 15.2. The number of aromatic nitrogens is 2. The fourth-order valence-corrected chi connectivity index (χ4v) is 2.08. The van der Waals surface area contributed by atoms with Gasteiger partial charge in [0.05, 0.1) is 16.9 Å². The molecule has 0 spiro atoms. The van der Waals surface area contributed by atoms with Crippen LogP contribution in [0.3, 0.4) is 0 Å². The molecule has 1 aromatic carbocycles. The minimum atomic E-state index is -0.332. The fraction of sp³-hybridized carbons (Fsp3) is 0.400. The van der Waals surface area contributed by atoms with Crippen molar-refractivity contribution >= 4 is 5.69 Å². The Morgan fingerprint density at radius 2 is 2.14 bits per heavy atom. The molecule has 2 aromatic rings. The molecule has 0 bridgehead atoms. The highest BCUT2D eigenvalue weighted by Crippen LogP contribution is 2.18. The van der Waals surface area contributed by atoms with Gasteiger partial charge in [-0.2, -0.15) is 0 Å². The predicted octanol–water partition coefficient (Wildman–Crippen LogP) is 2.53. The molecule has 1 aromatic heterocycles. The molecule has 1 N–H and O–H groups in total. The SMILES string of the molecule is CC(C)NCc1cn(CCc2ccccc2[N+](=O)[O-])cn1. The molecule has 0 saturated heterocycles. The number of para-hydroxylation sites is 1. The van der Waals surface area contributed by atoms with Crippen LogP contribution in [0, 0.1) is 10.1 Å². The predicted molar refractivity (Wildman–Crippen MR) is 81.0 cm³/mol. The van der Waals surface area contributed by atoms with E-state index in [2.05, 4.69) is 24.1 Å². The normalized spacial score (nSPS) is 11.0. The molecule has 112 valence electrons. The summed E-state index contributed by atoms with van der Waals surface area (Å²) in [6.45, 7) is 5.59. The molecule has 0 fully saturated rings. The summed E-state index contributed by atoms with van der Waals surface area (Å²) in [5, 5.41) is 14.3. The van der Waals surface area contributed by atoms with E-state index in [0.29, 0.717) is 19.0 Å². The van der Waals surface area contributed by atoms with E-state index in [0.717, 1.165) is 17.8 Å². The van der Waals surface area contributed by atoms with E-state index in [1.54, 1.807) is 24.5 Å². The topological polar surface area (TPSA) is 73.0 Å². The van der Waals surface area contributed by atoms with Gasteiger partial charge in [-0.1, -0.05) is 32.0 Å². The van der Waals surface area contributed by atoms with Crippen molar-refractivity contribution in [3.63, 3.8) is 0 Å². The van der Waals surface area contributed by atoms with Crippen molar-refractivity contribution < 1.29 is 4.92 Å². The Balaban J connectivity index is 1.96. The van der Waals surface area contributed by atoms with Crippen LogP contribution in [-0.4, -0.2) is 20.5 Å². The van der Waals surface area contributed by atoms with Crippen LogP contribution in [0.2, 0.25) is 0 Å². The van der Waals surface area contributed by atoms with Crippen molar-refractivity contribution in [2.45, 2.75) is 39.4 Å². The number of rotatable bonds is 7. The van der Waals surface area contributed by atoms with Crippen LogP contribution < -0.4 is 5.32 Å². The summed E-state index contributed by atoms with van der Waals surface area (Å²) in [6.07, 6.45) is 4.36. The Hall–Kier alpha value is -2.21. The largest absolute Gasteiger partial charge is 0.337 e. The maximum Gasteiger partial charge on any atom is 0.272 e. The molecule has 6 nitrogen and oxygen atoms in total. The van der Waals surface area contributed by atoms with Gasteiger partial charge < -0.3 is 9.88 Å². The highest BCUT2D eigenvalue weighted by Gasteiger charge is 2.11. The smallest absolute Gasteiger partial charge is 0.272 e. The van der Waals surface area contributed by atoms with Gasteiger partial charge in [-0.05, 0) is 6.42 Å². The summed E-state index contributed by atoms with van der Waals surface area (Å²) in [4.78, 5) is 15.0. The van der Waals surface area contributed by atoms with E-state index >= 15 is 0 Å². The molecular formula is C15H20N4O2. The molecule has 0 unspecified atom stereocenters.